The molecular weight excluding hydrogens is 440 g/mol. The Hall–Kier alpha value is -3.11. The number of aryl methyl sites for hydroxylation is 1. The van der Waals surface area contributed by atoms with Crippen molar-refractivity contribution in [2.24, 2.45) is 5.92 Å². The summed E-state index contributed by atoms with van der Waals surface area (Å²) in [5, 5.41) is 20.9. The number of nitrogens with zero attached hydrogens (tertiary/aromatic N) is 5. The summed E-state index contributed by atoms with van der Waals surface area (Å²) in [4.78, 5) is 30.4. The van der Waals surface area contributed by atoms with E-state index in [1.54, 1.807) is 30.7 Å². The lowest BCUT2D eigenvalue weighted by Gasteiger charge is -2.29. The first kappa shape index (κ1) is 23.1. The molecule has 0 aliphatic carbocycles. The third-order valence-corrected chi connectivity index (χ3v) is 6.91. The molecular formula is C23H28N6O3S. The lowest BCUT2D eigenvalue weighted by atomic mass is 9.99. The molecule has 2 aromatic heterocycles. The van der Waals surface area contributed by atoms with Crippen molar-refractivity contribution in [2.45, 2.75) is 46.7 Å². The number of aromatic nitrogens is 3. The first-order valence-corrected chi connectivity index (χ1v) is 11.9. The Labute approximate surface area is 196 Å². The van der Waals surface area contributed by atoms with Gasteiger partial charge in [0, 0.05) is 17.5 Å². The zero-order valence-electron chi connectivity index (χ0n) is 19.1. The van der Waals surface area contributed by atoms with E-state index in [1.807, 2.05) is 17.5 Å². The highest BCUT2D eigenvalue weighted by Gasteiger charge is 2.22. The molecule has 1 N–H and O–H groups in total. The summed E-state index contributed by atoms with van der Waals surface area (Å²) >= 11 is 1.44. The number of hydrogen-bond donors (Lipinski definition) is 1. The van der Waals surface area contributed by atoms with Crippen molar-refractivity contribution in [1.29, 1.82) is 0 Å². The number of likely N-dealkylation sites (tertiary alicyclic amines) is 1. The molecule has 1 saturated heterocycles. The minimum Gasteiger partial charge on any atom is -0.298 e. The highest BCUT2D eigenvalue weighted by Crippen LogP contribution is 2.23. The number of carbonyl (C=O) groups excluding carboxylic acids is 1. The topological polar surface area (TPSA) is 106 Å². The monoisotopic (exact) mass is 468 g/mol. The van der Waals surface area contributed by atoms with Crippen molar-refractivity contribution in [3.63, 3.8) is 0 Å². The zero-order chi connectivity index (χ0) is 23.5. The number of benzene rings is 1. The standard InChI is InChI=1S/C23H28N6O3S/c1-15-8-10-27(11-9-15)13-20-14-33-23(24-20)25-22(30)19-6-4-18(5-7-19)12-28-17(3)21(29(31)32)16(2)26-28/h4-7,14-15H,8-13H2,1-3H3,(H,24,25,30). The maximum atomic E-state index is 12.6. The smallest absolute Gasteiger partial charge is 0.298 e. The SMILES string of the molecule is Cc1nn(Cc2ccc(C(=O)Nc3nc(CN4CCC(C)CC4)cs3)cc2)c(C)c1[N+](=O)[O-]. The Morgan fingerprint density at radius 3 is 2.55 bits per heavy atom. The number of thiazole rings is 1. The average Bonchev–Trinajstić information content (AvgIpc) is 3.33. The Balaban J connectivity index is 1.35. The lowest BCUT2D eigenvalue weighted by Crippen LogP contribution is -2.32. The van der Waals surface area contributed by atoms with Crippen LogP contribution in [0.5, 0.6) is 0 Å². The Kier molecular flexibility index (Phi) is 6.85. The Bertz CT molecular complexity index is 1150. The van der Waals surface area contributed by atoms with E-state index in [1.165, 1.54) is 24.2 Å². The predicted molar refractivity (Wildman–Crippen MR) is 128 cm³/mol. The summed E-state index contributed by atoms with van der Waals surface area (Å²) in [7, 11) is 0. The first-order valence-electron chi connectivity index (χ1n) is 11.1. The highest BCUT2D eigenvalue weighted by atomic mass is 32.1. The number of nitro groups is 1. The van der Waals surface area contributed by atoms with Gasteiger partial charge in [-0.2, -0.15) is 5.10 Å². The largest absolute Gasteiger partial charge is 0.312 e. The molecule has 3 aromatic rings. The van der Waals surface area contributed by atoms with Gasteiger partial charge in [-0.1, -0.05) is 19.1 Å². The third kappa shape index (κ3) is 5.45. The maximum absolute atomic E-state index is 12.6. The number of anilines is 1. The Morgan fingerprint density at radius 1 is 1.21 bits per heavy atom. The van der Waals surface area contributed by atoms with Gasteiger partial charge in [0.2, 0.25) is 0 Å². The molecule has 9 nitrogen and oxygen atoms in total. The number of hydrogen-bond acceptors (Lipinski definition) is 7. The molecule has 1 fully saturated rings. The minimum absolute atomic E-state index is 0.0451. The van der Waals surface area contributed by atoms with Crippen LogP contribution in [0.2, 0.25) is 0 Å². The van der Waals surface area contributed by atoms with Crippen molar-refractivity contribution in [3.8, 4) is 0 Å². The van der Waals surface area contributed by atoms with Crippen LogP contribution in [0.15, 0.2) is 29.6 Å². The van der Waals surface area contributed by atoms with Crippen LogP contribution in [-0.4, -0.2) is 43.6 Å². The fraction of sp³-hybridized carbons (Fsp3) is 0.435. The van der Waals surface area contributed by atoms with Crippen LogP contribution in [0.4, 0.5) is 10.8 Å². The Morgan fingerprint density at radius 2 is 1.91 bits per heavy atom. The van der Waals surface area contributed by atoms with Gasteiger partial charge in [0.15, 0.2) is 5.13 Å². The second-order valence-corrected chi connectivity index (χ2v) is 9.55. The van der Waals surface area contributed by atoms with E-state index < -0.39 is 4.92 Å². The highest BCUT2D eigenvalue weighted by molar-refractivity contribution is 7.14. The number of piperidine rings is 1. The van der Waals surface area contributed by atoms with E-state index in [2.05, 4.69) is 27.2 Å². The van der Waals surface area contributed by atoms with Gasteiger partial charge in [-0.25, -0.2) is 4.98 Å². The molecule has 0 saturated carbocycles. The summed E-state index contributed by atoms with van der Waals surface area (Å²) in [6, 6.07) is 7.16. The van der Waals surface area contributed by atoms with Crippen LogP contribution in [0.1, 0.15) is 52.8 Å². The third-order valence-electron chi connectivity index (χ3n) is 6.11. The summed E-state index contributed by atoms with van der Waals surface area (Å²) in [5.41, 5.74) is 3.37. The first-order chi connectivity index (χ1) is 15.8. The van der Waals surface area contributed by atoms with Crippen LogP contribution in [0.3, 0.4) is 0 Å². The summed E-state index contributed by atoms with van der Waals surface area (Å²) < 4.78 is 1.61. The average molecular weight is 469 g/mol. The molecule has 174 valence electrons. The van der Waals surface area contributed by atoms with E-state index in [0.717, 1.165) is 36.8 Å². The number of carbonyl (C=O) groups is 1. The maximum Gasteiger partial charge on any atom is 0.312 e. The second-order valence-electron chi connectivity index (χ2n) is 8.69. The van der Waals surface area contributed by atoms with Crippen molar-refractivity contribution in [3.05, 3.63) is 68.0 Å². The predicted octanol–water partition coefficient (Wildman–Crippen LogP) is 4.40. The van der Waals surface area contributed by atoms with Gasteiger partial charge >= 0.3 is 5.69 Å². The van der Waals surface area contributed by atoms with Crippen LogP contribution in [-0.2, 0) is 13.1 Å². The number of nitrogens with one attached hydrogen (secondary N) is 1. The van der Waals surface area contributed by atoms with Gasteiger partial charge in [-0.3, -0.25) is 29.8 Å². The van der Waals surface area contributed by atoms with Crippen molar-refractivity contribution in [1.82, 2.24) is 19.7 Å². The van der Waals surface area contributed by atoms with E-state index in [4.69, 9.17) is 0 Å². The van der Waals surface area contributed by atoms with Gasteiger partial charge < -0.3 is 0 Å². The van der Waals surface area contributed by atoms with Gasteiger partial charge in [-0.15, -0.1) is 11.3 Å². The lowest BCUT2D eigenvalue weighted by molar-refractivity contribution is -0.386. The molecule has 1 aliphatic heterocycles. The molecule has 1 aromatic carbocycles. The molecule has 4 rings (SSSR count). The molecule has 1 amide bonds. The van der Waals surface area contributed by atoms with Crippen molar-refractivity contribution in [2.75, 3.05) is 18.4 Å². The quantitative estimate of drug-likeness (QED) is 0.407. The summed E-state index contributed by atoms with van der Waals surface area (Å²) in [5.74, 6) is 0.583. The number of amides is 1. The van der Waals surface area contributed by atoms with Gasteiger partial charge in [0.1, 0.15) is 11.4 Å². The zero-order valence-corrected chi connectivity index (χ0v) is 19.9. The molecule has 3 heterocycles. The second kappa shape index (κ2) is 9.80. The normalized spacial score (nSPS) is 15.0. The van der Waals surface area contributed by atoms with Gasteiger partial charge in [-0.05, 0) is 63.4 Å². The van der Waals surface area contributed by atoms with Crippen LogP contribution < -0.4 is 5.32 Å². The number of rotatable bonds is 7. The van der Waals surface area contributed by atoms with Crippen LogP contribution in [0.25, 0.3) is 0 Å². The summed E-state index contributed by atoms with van der Waals surface area (Å²) in [6.45, 7) is 9.02. The summed E-state index contributed by atoms with van der Waals surface area (Å²) in [6.07, 6.45) is 2.44. The van der Waals surface area contributed by atoms with Gasteiger partial charge in [0.25, 0.3) is 5.91 Å². The van der Waals surface area contributed by atoms with E-state index in [0.29, 0.717) is 28.6 Å². The van der Waals surface area contributed by atoms with E-state index in [9.17, 15) is 14.9 Å². The molecule has 0 bridgehead atoms. The van der Waals surface area contributed by atoms with Crippen LogP contribution >= 0.6 is 11.3 Å². The fourth-order valence-electron chi connectivity index (χ4n) is 4.10. The fourth-order valence-corrected chi connectivity index (χ4v) is 4.79. The molecule has 0 radical (unpaired) electrons. The molecule has 0 atom stereocenters. The van der Waals surface area contributed by atoms with Crippen molar-refractivity contribution >= 4 is 28.1 Å². The van der Waals surface area contributed by atoms with E-state index >= 15 is 0 Å². The van der Waals surface area contributed by atoms with Crippen molar-refractivity contribution < 1.29 is 9.72 Å². The molecule has 33 heavy (non-hydrogen) atoms. The van der Waals surface area contributed by atoms with Crippen LogP contribution in [0, 0.1) is 29.9 Å². The molecule has 10 heteroatoms. The van der Waals surface area contributed by atoms with Gasteiger partial charge in [0.05, 0.1) is 17.2 Å². The van der Waals surface area contributed by atoms with E-state index in [-0.39, 0.29) is 11.6 Å². The molecule has 0 unspecified atom stereocenters. The molecule has 1 aliphatic rings. The molecule has 0 spiro atoms. The minimum atomic E-state index is -0.404.